The highest BCUT2D eigenvalue weighted by Crippen LogP contribution is 2.34. The molecule has 2 fully saturated rings. The monoisotopic (exact) mass is 467 g/mol. The number of hydrogen-bond donors (Lipinski definition) is 1. The number of aromatic hydroxyl groups is 1. The molecule has 8 nitrogen and oxygen atoms in total. The Morgan fingerprint density at radius 1 is 1.09 bits per heavy atom. The fourth-order valence-corrected chi connectivity index (χ4v) is 4.61. The third-order valence-corrected chi connectivity index (χ3v) is 6.41. The van der Waals surface area contributed by atoms with Gasteiger partial charge in [0.05, 0.1) is 11.5 Å². The molecule has 0 aromatic heterocycles. The highest BCUT2D eigenvalue weighted by atomic mass is 32.2. The number of ether oxygens (including phenoxy) is 1. The van der Waals surface area contributed by atoms with E-state index < -0.39 is 11.1 Å². The van der Waals surface area contributed by atoms with E-state index in [2.05, 4.69) is 4.90 Å². The second kappa shape index (κ2) is 9.99. The van der Waals surface area contributed by atoms with Crippen LogP contribution in [0.1, 0.15) is 12.5 Å². The summed E-state index contributed by atoms with van der Waals surface area (Å²) in [6, 6.07) is 14.7. The van der Waals surface area contributed by atoms with Gasteiger partial charge in [0, 0.05) is 31.9 Å². The number of nitrogens with zero attached hydrogens (tertiary/aromatic N) is 3. The summed E-state index contributed by atoms with van der Waals surface area (Å²) in [6.07, 6.45) is 1.57. The fraction of sp³-hybridized carbons (Fsp3) is 0.292. The van der Waals surface area contributed by atoms with Crippen molar-refractivity contribution in [3.63, 3.8) is 0 Å². The first kappa shape index (κ1) is 22.7. The van der Waals surface area contributed by atoms with Crippen molar-refractivity contribution in [2.45, 2.75) is 6.92 Å². The fourth-order valence-electron chi connectivity index (χ4n) is 3.77. The lowest BCUT2D eigenvalue weighted by Gasteiger charge is -2.36. The zero-order valence-corrected chi connectivity index (χ0v) is 19.1. The number of phenols is 1. The van der Waals surface area contributed by atoms with E-state index in [-0.39, 0.29) is 23.1 Å². The molecule has 2 aliphatic heterocycles. The lowest BCUT2D eigenvalue weighted by atomic mass is 10.2. The first-order chi connectivity index (χ1) is 16.0. The molecule has 172 valence electrons. The zero-order valence-electron chi connectivity index (χ0n) is 18.3. The summed E-state index contributed by atoms with van der Waals surface area (Å²) in [6.45, 7) is 4.38. The summed E-state index contributed by atoms with van der Waals surface area (Å²) < 4.78 is 5.36. The maximum atomic E-state index is 12.8. The van der Waals surface area contributed by atoms with E-state index in [4.69, 9.17) is 4.74 Å². The number of piperazine rings is 1. The number of anilines is 1. The van der Waals surface area contributed by atoms with Crippen molar-refractivity contribution in [1.29, 1.82) is 0 Å². The van der Waals surface area contributed by atoms with E-state index >= 15 is 0 Å². The number of amides is 3. The van der Waals surface area contributed by atoms with Gasteiger partial charge < -0.3 is 19.6 Å². The third kappa shape index (κ3) is 5.14. The van der Waals surface area contributed by atoms with Crippen LogP contribution >= 0.6 is 11.8 Å². The number of carbonyl (C=O) groups is 3. The Morgan fingerprint density at radius 2 is 1.82 bits per heavy atom. The predicted octanol–water partition coefficient (Wildman–Crippen LogP) is 3.18. The van der Waals surface area contributed by atoms with E-state index in [1.54, 1.807) is 30.0 Å². The SMILES string of the molecule is CCOc1cc(C=C2SC(=O)N(CC(=O)N3CCN(c4ccccc4)CC3)C2=O)ccc1O. The molecule has 0 atom stereocenters. The van der Waals surface area contributed by atoms with Gasteiger partial charge in [0.1, 0.15) is 6.54 Å². The van der Waals surface area contributed by atoms with Crippen molar-refractivity contribution in [3.8, 4) is 11.5 Å². The van der Waals surface area contributed by atoms with Gasteiger partial charge in [-0.15, -0.1) is 0 Å². The summed E-state index contributed by atoms with van der Waals surface area (Å²) in [4.78, 5) is 43.2. The zero-order chi connectivity index (χ0) is 23.4. The van der Waals surface area contributed by atoms with Crippen LogP contribution in [0.3, 0.4) is 0 Å². The third-order valence-electron chi connectivity index (χ3n) is 5.50. The van der Waals surface area contributed by atoms with Gasteiger partial charge in [-0.1, -0.05) is 24.3 Å². The first-order valence-electron chi connectivity index (χ1n) is 10.7. The van der Waals surface area contributed by atoms with Crippen LogP contribution in [-0.2, 0) is 9.59 Å². The molecule has 4 rings (SSSR count). The molecule has 3 amide bonds. The highest BCUT2D eigenvalue weighted by Gasteiger charge is 2.37. The molecule has 0 aliphatic carbocycles. The van der Waals surface area contributed by atoms with Crippen LogP contribution in [0.2, 0.25) is 0 Å². The highest BCUT2D eigenvalue weighted by molar-refractivity contribution is 8.18. The lowest BCUT2D eigenvalue weighted by Crippen LogP contribution is -2.51. The minimum absolute atomic E-state index is 0.0000580. The van der Waals surface area contributed by atoms with E-state index in [1.807, 2.05) is 30.3 Å². The first-order valence-corrected chi connectivity index (χ1v) is 11.6. The van der Waals surface area contributed by atoms with Gasteiger partial charge in [0.25, 0.3) is 11.1 Å². The second-order valence-electron chi connectivity index (χ2n) is 7.63. The van der Waals surface area contributed by atoms with Crippen molar-refractivity contribution >= 4 is 40.6 Å². The van der Waals surface area contributed by atoms with Gasteiger partial charge in [-0.2, -0.15) is 0 Å². The average molecular weight is 468 g/mol. The normalized spacial score (nSPS) is 17.7. The smallest absolute Gasteiger partial charge is 0.294 e. The molecule has 0 spiro atoms. The number of hydrogen-bond acceptors (Lipinski definition) is 7. The van der Waals surface area contributed by atoms with Crippen LogP contribution in [0.5, 0.6) is 11.5 Å². The van der Waals surface area contributed by atoms with E-state index in [0.717, 1.165) is 22.3 Å². The number of imide groups is 1. The van der Waals surface area contributed by atoms with E-state index in [0.29, 0.717) is 44.1 Å². The van der Waals surface area contributed by atoms with Crippen LogP contribution < -0.4 is 9.64 Å². The molecule has 2 heterocycles. The Bertz CT molecular complexity index is 1080. The molecule has 0 unspecified atom stereocenters. The molecule has 9 heteroatoms. The molecule has 2 saturated heterocycles. The molecule has 2 aromatic rings. The molecule has 0 bridgehead atoms. The van der Waals surface area contributed by atoms with Crippen LogP contribution in [0.15, 0.2) is 53.4 Å². The van der Waals surface area contributed by atoms with Crippen LogP contribution in [0, 0.1) is 0 Å². The average Bonchev–Trinajstić information content (AvgIpc) is 3.09. The van der Waals surface area contributed by atoms with Gasteiger partial charge in [-0.25, -0.2) is 0 Å². The van der Waals surface area contributed by atoms with Crippen molar-refractivity contribution in [1.82, 2.24) is 9.80 Å². The number of carbonyl (C=O) groups excluding carboxylic acids is 3. The Hall–Kier alpha value is -3.46. The van der Waals surface area contributed by atoms with Gasteiger partial charge in [-0.05, 0) is 54.6 Å². The van der Waals surface area contributed by atoms with Crippen LogP contribution in [-0.4, -0.2) is 71.3 Å². The molecule has 2 aliphatic rings. The topological polar surface area (TPSA) is 90.4 Å². The van der Waals surface area contributed by atoms with E-state index in [9.17, 15) is 19.5 Å². The standard InChI is InChI=1S/C24H25N3O5S/c1-2-32-20-14-17(8-9-19(20)28)15-21-23(30)27(24(31)33-21)16-22(29)26-12-10-25(11-13-26)18-6-4-3-5-7-18/h3-9,14-15,28H,2,10-13,16H2,1H3. The number of rotatable bonds is 6. The van der Waals surface area contributed by atoms with Crippen molar-refractivity contribution < 1.29 is 24.2 Å². The van der Waals surface area contributed by atoms with Gasteiger partial charge >= 0.3 is 0 Å². The maximum Gasteiger partial charge on any atom is 0.294 e. The quantitative estimate of drug-likeness (QED) is 0.653. The van der Waals surface area contributed by atoms with Crippen molar-refractivity contribution in [2.75, 3.05) is 44.2 Å². The Kier molecular flexibility index (Phi) is 6.88. The number of thioether (sulfide) groups is 1. The minimum atomic E-state index is -0.493. The Labute approximate surface area is 196 Å². The summed E-state index contributed by atoms with van der Waals surface area (Å²) in [5.74, 6) is -0.433. The molecule has 0 radical (unpaired) electrons. The van der Waals surface area contributed by atoms with Gasteiger partial charge in [0.15, 0.2) is 11.5 Å². The number of phenolic OH excluding ortho intramolecular Hbond substituents is 1. The predicted molar refractivity (Wildman–Crippen MR) is 127 cm³/mol. The van der Waals surface area contributed by atoms with Crippen LogP contribution in [0.4, 0.5) is 10.5 Å². The largest absolute Gasteiger partial charge is 0.504 e. The lowest BCUT2D eigenvalue weighted by molar-refractivity contribution is -0.136. The summed E-state index contributed by atoms with van der Waals surface area (Å²) in [5, 5.41) is 9.38. The summed E-state index contributed by atoms with van der Waals surface area (Å²) >= 11 is 0.803. The maximum absolute atomic E-state index is 12.8. The molecule has 2 aromatic carbocycles. The Balaban J connectivity index is 1.38. The summed E-state index contributed by atoms with van der Waals surface area (Å²) in [7, 11) is 0. The molecule has 33 heavy (non-hydrogen) atoms. The van der Waals surface area contributed by atoms with Gasteiger partial charge in [0.2, 0.25) is 5.91 Å². The molecular formula is C24H25N3O5S. The number of para-hydroxylation sites is 1. The molecule has 1 N–H and O–H groups in total. The van der Waals surface area contributed by atoms with Crippen LogP contribution in [0.25, 0.3) is 6.08 Å². The molecule has 0 saturated carbocycles. The Morgan fingerprint density at radius 3 is 2.52 bits per heavy atom. The summed E-state index contributed by atoms with van der Waals surface area (Å²) in [5.41, 5.74) is 1.73. The molecular weight excluding hydrogens is 442 g/mol. The van der Waals surface area contributed by atoms with Crippen molar-refractivity contribution in [2.24, 2.45) is 0 Å². The van der Waals surface area contributed by atoms with E-state index in [1.165, 1.54) is 6.07 Å². The number of benzene rings is 2. The minimum Gasteiger partial charge on any atom is -0.504 e. The van der Waals surface area contributed by atoms with Gasteiger partial charge in [-0.3, -0.25) is 19.3 Å². The second-order valence-corrected chi connectivity index (χ2v) is 8.62. The van der Waals surface area contributed by atoms with Crippen molar-refractivity contribution in [3.05, 3.63) is 59.0 Å².